The van der Waals surface area contributed by atoms with Gasteiger partial charge in [0.15, 0.2) is 24.1 Å². The molecule has 1 atom stereocenters. The number of anilines is 1. The van der Waals surface area contributed by atoms with Crippen LogP contribution >= 0.6 is 0 Å². The summed E-state index contributed by atoms with van der Waals surface area (Å²) in [7, 11) is 0. The van der Waals surface area contributed by atoms with Crippen LogP contribution in [-0.4, -0.2) is 69.3 Å². The molecule has 0 spiro atoms. The predicted octanol–water partition coefficient (Wildman–Crippen LogP) is 1.39. The van der Waals surface area contributed by atoms with E-state index in [0.717, 1.165) is 37.7 Å². The van der Waals surface area contributed by atoms with Crippen molar-refractivity contribution < 1.29 is 19.2 Å². The minimum Gasteiger partial charge on any atom is -0.486 e. The van der Waals surface area contributed by atoms with Crippen LogP contribution in [0.1, 0.15) is 12.5 Å². The molecule has 2 aromatic carbocycles. The van der Waals surface area contributed by atoms with Crippen molar-refractivity contribution in [3.05, 3.63) is 54.1 Å². The normalized spacial score (nSPS) is 18.9. The Morgan fingerprint density at radius 3 is 2.53 bits per heavy atom. The molecule has 0 unspecified atom stereocenters. The zero-order valence-electron chi connectivity index (χ0n) is 18.0. The third kappa shape index (κ3) is 4.70. The minimum absolute atomic E-state index is 0.128. The first-order valence-corrected chi connectivity index (χ1v) is 10.9. The Kier molecular flexibility index (Phi) is 6.43. The molecular formula is C24H32N3O3+. The van der Waals surface area contributed by atoms with Gasteiger partial charge < -0.3 is 24.2 Å². The number of fused-ring (bicyclic) bond motifs is 1. The first-order chi connectivity index (χ1) is 14.6. The maximum absolute atomic E-state index is 13.0. The van der Waals surface area contributed by atoms with Gasteiger partial charge in [-0.2, -0.15) is 0 Å². The fourth-order valence-corrected chi connectivity index (χ4v) is 4.29. The summed E-state index contributed by atoms with van der Waals surface area (Å²) in [6.45, 7) is 10.4. The molecule has 0 radical (unpaired) electrons. The van der Waals surface area contributed by atoms with E-state index in [1.54, 1.807) is 0 Å². The Morgan fingerprint density at radius 2 is 1.80 bits per heavy atom. The lowest BCUT2D eigenvalue weighted by atomic mass is 10.1. The van der Waals surface area contributed by atoms with E-state index >= 15 is 0 Å². The second-order valence-electron chi connectivity index (χ2n) is 8.13. The second-order valence-corrected chi connectivity index (χ2v) is 8.13. The minimum atomic E-state index is -0.128. The van der Waals surface area contributed by atoms with Gasteiger partial charge in [-0.3, -0.25) is 4.79 Å². The number of benzene rings is 2. The second kappa shape index (κ2) is 9.39. The van der Waals surface area contributed by atoms with Gasteiger partial charge in [-0.05, 0) is 37.6 Å². The number of aryl methyl sites for hydroxylation is 1. The molecule has 2 heterocycles. The van der Waals surface area contributed by atoms with Crippen molar-refractivity contribution in [2.45, 2.75) is 20.0 Å². The van der Waals surface area contributed by atoms with Gasteiger partial charge in [0.05, 0.1) is 32.7 Å². The van der Waals surface area contributed by atoms with Crippen LogP contribution in [0, 0.1) is 6.92 Å². The highest BCUT2D eigenvalue weighted by atomic mass is 16.6. The van der Waals surface area contributed by atoms with E-state index < -0.39 is 0 Å². The van der Waals surface area contributed by atoms with Crippen molar-refractivity contribution in [1.82, 2.24) is 4.90 Å². The molecule has 2 aromatic rings. The van der Waals surface area contributed by atoms with E-state index in [2.05, 4.69) is 36.1 Å². The van der Waals surface area contributed by atoms with Crippen molar-refractivity contribution in [3.63, 3.8) is 0 Å². The number of likely N-dealkylation sites (N-methyl/N-ethyl adjacent to an activating group) is 1. The van der Waals surface area contributed by atoms with Gasteiger partial charge in [-0.25, -0.2) is 0 Å². The SMILES string of the molecule is CCN(C[C@H]1COc2ccccc2O1)C(=O)C[NH+]1CCN(c2ccccc2C)CC1. The zero-order valence-corrected chi connectivity index (χ0v) is 18.0. The number of amides is 1. The number of nitrogens with zero attached hydrogens (tertiary/aromatic N) is 2. The molecule has 4 rings (SSSR count). The first kappa shape index (κ1) is 20.5. The smallest absolute Gasteiger partial charge is 0.277 e. The topological polar surface area (TPSA) is 46.5 Å². The molecule has 1 amide bonds. The van der Waals surface area contributed by atoms with Crippen molar-refractivity contribution in [2.24, 2.45) is 0 Å². The van der Waals surface area contributed by atoms with Crippen molar-refractivity contribution >= 4 is 11.6 Å². The molecular weight excluding hydrogens is 378 g/mol. The molecule has 0 bridgehead atoms. The molecule has 30 heavy (non-hydrogen) atoms. The van der Waals surface area contributed by atoms with Gasteiger partial charge in [-0.15, -0.1) is 0 Å². The van der Waals surface area contributed by atoms with Gasteiger partial charge in [-0.1, -0.05) is 30.3 Å². The Bertz CT molecular complexity index is 864. The predicted molar refractivity (Wildman–Crippen MR) is 118 cm³/mol. The lowest BCUT2D eigenvalue weighted by molar-refractivity contribution is -0.892. The summed E-state index contributed by atoms with van der Waals surface area (Å²) in [5.74, 6) is 1.73. The van der Waals surface area contributed by atoms with Crippen LogP contribution in [0.3, 0.4) is 0 Å². The number of ether oxygens (including phenoxy) is 2. The molecule has 1 saturated heterocycles. The van der Waals surface area contributed by atoms with Crippen molar-refractivity contribution in [2.75, 3.05) is 57.3 Å². The summed E-state index contributed by atoms with van der Waals surface area (Å²) in [5, 5.41) is 0. The number of nitrogens with one attached hydrogen (secondary N) is 1. The van der Waals surface area contributed by atoms with Crippen molar-refractivity contribution in [3.8, 4) is 11.5 Å². The number of hydrogen-bond acceptors (Lipinski definition) is 4. The standard InChI is InChI=1S/C24H31N3O3/c1-3-26(16-20-18-29-22-10-6-7-11-23(22)30-20)24(28)17-25-12-14-27(15-13-25)21-9-5-4-8-19(21)2/h4-11,20H,3,12-18H2,1-2H3/p+1/t20-/m0/s1. The average molecular weight is 411 g/mol. The summed E-state index contributed by atoms with van der Waals surface area (Å²) in [4.78, 5) is 18.7. The largest absolute Gasteiger partial charge is 0.486 e. The number of hydrogen-bond donors (Lipinski definition) is 1. The van der Waals surface area contributed by atoms with E-state index in [4.69, 9.17) is 9.47 Å². The molecule has 160 valence electrons. The molecule has 0 saturated carbocycles. The highest BCUT2D eigenvalue weighted by Gasteiger charge is 2.28. The van der Waals surface area contributed by atoms with E-state index in [1.807, 2.05) is 36.1 Å². The number of carbonyl (C=O) groups is 1. The highest BCUT2D eigenvalue weighted by molar-refractivity contribution is 5.77. The third-order valence-electron chi connectivity index (χ3n) is 6.05. The molecule has 1 fully saturated rings. The molecule has 6 heteroatoms. The van der Waals surface area contributed by atoms with E-state index in [9.17, 15) is 4.79 Å². The van der Waals surface area contributed by atoms with Gasteiger partial charge in [0, 0.05) is 12.2 Å². The number of quaternary nitrogens is 1. The molecule has 2 aliphatic rings. The lowest BCUT2D eigenvalue weighted by Crippen LogP contribution is -3.16. The van der Waals surface area contributed by atoms with Crippen LogP contribution in [0.5, 0.6) is 11.5 Å². The van der Waals surface area contributed by atoms with Gasteiger partial charge in [0.2, 0.25) is 0 Å². The fraction of sp³-hybridized carbons (Fsp3) is 0.458. The zero-order chi connectivity index (χ0) is 20.9. The van der Waals surface area contributed by atoms with Gasteiger partial charge in [0.1, 0.15) is 6.61 Å². The summed E-state index contributed by atoms with van der Waals surface area (Å²) < 4.78 is 11.8. The summed E-state index contributed by atoms with van der Waals surface area (Å²) in [5.41, 5.74) is 2.62. The third-order valence-corrected chi connectivity index (χ3v) is 6.05. The van der Waals surface area contributed by atoms with E-state index in [0.29, 0.717) is 26.2 Å². The number of para-hydroxylation sites is 3. The molecule has 0 aliphatic carbocycles. The first-order valence-electron chi connectivity index (χ1n) is 10.9. The Balaban J connectivity index is 1.27. The Morgan fingerprint density at radius 1 is 1.10 bits per heavy atom. The van der Waals surface area contributed by atoms with E-state index in [1.165, 1.54) is 16.2 Å². The Labute approximate surface area is 179 Å². The van der Waals surface area contributed by atoms with Crippen LogP contribution < -0.4 is 19.3 Å². The Hall–Kier alpha value is -2.73. The van der Waals surface area contributed by atoms with Crippen LogP contribution in [0.25, 0.3) is 0 Å². The molecule has 6 nitrogen and oxygen atoms in total. The quantitative estimate of drug-likeness (QED) is 0.782. The summed E-state index contributed by atoms with van der Waals surface area (Å²) in [6, 6.07) is 16.2. The lowest BCUT2D eigenvalue weighted by Gasteiger charge is -2.35. The maximum Gasteiger partial charge on any atom is 0.277 e. The van der Waals surface area contributed by atoms with Crippen LogP contribution in [-0.2, 0) is 4.79 Å². The van der Waals surface area contributed by atoms with Gasteiger partial charge >= 0.3 is 0 Å². The number of carbonyl (C=O) groups excluding carboxylic acids is 1. The number of piperazine rings is 1. The van der Waals surface area contributed by atoms with Crippen LogP contribution in [0.4, 0.5) is 5.69 Å². The highest BCUT2D eigenvalue weighted by Crippen LogP contribution is 2.31. The number of rotatable bonds is 6. The molecule has 0 aromatic heterocycles. The van der Waals surface area contributed by atoms with E-state index in [-0.39, 0.29) is 12.0 Å². The molecule has 1 N–H and O–H groups in total. The summed E-state index contributed by atoms with van der Waals surface area (Å²) >= 11 is 0. The fourth-order valence-electron chi connectivity index (χ4n) is 4.29. The maximum atomic E-state index is 13.0. The molecule has 2 aliphatic heterocycles. The average Bonchev–Trinajstić information content (AvgIpc) is 2.78. The monoisotopic (exact) mass is 410 g/mol. The van der Waals surface area contributed by atoms with Crippen LogP contribution in [0.15, 0.2) is 48.5 Å². The summed E-state index contributed by atoms with van der Waals surface area (Å²) in [6.07, 6.45) is -0.128. The van der Waals surface area contributed by atoms with Crippen LogP contribution in [0.2, 0.25) is 0 Å². The van der Waals surface area contributed by atoms with Crippen molar-refractivity contribution in [1.29, 1.82) is 0 Å². The van der Waals surface area contributed by atoms with Gasteiger partial charge in [0.25, 0.3) is 5.91 Å².